The van der Waals surface area contributed by atoms with Gasteiger partial charge in [-0.15, -0.1) is 0 Å². The predicted octanol–water partition coefficient (Wildman–Crippen LogP) is -0.0425. The second kappa shape index (κ2) is 13.3. The highest BCUT2D eigenvalue weighted by atomic mass is 16.5. The lowest BCUT2D eigenvalue weighted by Crippen LogP contribution is -2.53. The Kier molecular flexibility index (Phi) is 10.4. The number of benzene rings is 1. The number of amides is 4. The van der Waals surface area contributed by atoms with Crippen molar-refractivity contribution in [3.63, 3.8) is 0 Å². The van der Waals surface area contributed by atoms with Crippen LogP contribution in [0.1, 0.15) is 40.0 Å². The number of likely N-dealkylation sites (N-methyl/N-ethyl adjacent to an activating group) is 1. The molecule has 11 nitrogen and oxygen atoms in total. The van der Waals surface area contributed by atoms with E-state index >= 15 is 0 Å². The van der Waals surface area contributed by atoms with E-state index in [4.69, 9.17) is 9.47 Å². The van der Waals surface area contributed by atoms with Gasteiger partial charge in [0, 0.05) is 44.7 Å². The third kappa shape index (κ3) is 7.65. The molecule has 1 heterocycles. The molecule has 2 rings (SSSR count). The van der Waals surface area contributed by atoms with Gasteiger partial charge in [0.1, 0.15) is 6.04 Å². The van der Waals surface area contributed by atoms with Crippen molar-refractivity contribution < 1.29 is 33.4 Å². The normalized spacial score (nSPS) is 15.5. The maximum Gasteiger partial charge on any atom is 0.257 e. The summed E-state index contributed by atoms with van der Waals surface area (Å²) in [6, 6.07) is 4.04. The van der Waals surface area contributed by atoms with Crippen molar-refractivity contribution in [2.45, 2.75) is 25.3 Å². The zero-order valence-corrected chi connectivity index (χ0v) is 18.8. The molecule has 0 aliphatic carbocycles. The smallest absolute Gasteiger partial charge is 0.257 e. The highest BCUT2D eigenvalue weighted by Gasteiger charge is 2.34. The van der Waals surface area contributed by atoms with Crippen LogP contribution in [0.25, 0.3) is 0 Å². The molecule has 4 amide bonds. The Morgan fingerprint density at radius 2 is 1.91 bits per heavy atom. The van der Waals surface area contributed by atoms with Gasteiger partial charge in [0.25, 0.3) is 5.91 Å². The molecule has 0 bridgehead atoms. The summed E-state index contributed by atoms with van der Waals surface area (Å²) in [6.45, 7) is 1.68. The van der Waals surface area contributed by atoms with Crippen LogP contribution in [0.15, 0.2) is 18.2 Å². The minimum absolute atomic E-state index is 0.0914. The van der Waals surface area contributed by atoms with Gasteiger partial charge >= 0.3 is 0 Å². The molecule has 0 saturated carbocycles. The Morgan fingerprint density at radius 3 is 2.58 bits per heavy atom. The lowest BCUT2D eigenvalue weighted by Gasteiger charge is -2.30. The van der Waals surface area contributed by atoms with Crippen molar-refractivity contribution >= 4 is 35.6 Å². The quantitative estimate of drug-likeness (QED) is 0.210. The molecule has 33 heavy (non-hydrogen) atoms. The molecule has 0 spiro atoms. The van der Waals surface area contributed by atoms with Crippen LogP contribution in [0.5, 0.6) is 0 Å². The van der Waals surface area contributed by atoms with E-state index in [0.29, 0.717) is 44.9 Å². The molecule has 1 unspecified atom stereocenters. The molecular formula is C22H30N4O7. The number of hydrogen-bond donors (Lipinski definition) is 3. The number of imide groups is 1. The molecule has 11 heteroatoms. The fraction of sp³-hybridized carbons (Fsp3) is 0.500. The van der Waals surface area contributed by atoms with Crippen molar-refractivity contribution in [2.75, 3.05) is 52.4 Å². The fourth-order valence-electron chi connectivity index (χ4n) is 3.29. The van der Waals surface area contributed by atoms with Crippen LogP contribution in [0, 0.1) is 0 Å². The van der Waals surface area contributed by atoms with Crippen LogP contribution >= 0.6 is 0 Å². The SMILES string of the molecule is CNC(=O)CCOCCOCCNc1cccc(C=O)c1C(=O)N(C)C1CCC(=O)NC1=O. The first-order valence-corrected chi connectivity index (χ1v) is 10.7. The molecule has 0 radical (unpaired) electrons. The standard InChI is InChI=1S/C22H30N4O7/c1-23-18(28)8-10-32-12-13-33-11-9-24-16-5-3-4-15(14-27)20(16)22(31)26(2)17-6-7-19(29)25-21(17)30/h3-5,14,17,24H,6-13H2,1-2H3,(H,23,28)(H,25,29,30). The van der Waals surface area contributed by atoms with Gasteiger partial charge in [0.15, 0.2) is 6.29 Å². The first-order valence-electron chi connectivity index (χ1n) is 10.7. The van der Waals surface area contributed by atoms with Gasteiger partial charge in [-0.25, -0.2) is 0 Å². The minimum atomic E-state index is -0.797. The predicted molar refractivity (Wildman–Crippen MR) is 119 cm³/mol. The van der Waals surface area contributed by atoms with Gasteiger partial charge < -0.3 is 25.0 Å². The van der Waals surface area contributed by atoms with Crippen LogP contribution < -0.4 is 16.0 Å². The second-order valence-electron chi connectivity index (χ2n) is 7.35. The average molecular weight is 463 g/mol. The van der Waals surface area contributed by atoms with Gasteiger partial charge in [0.2, 0.25) is 17.7 Å². The van der Waals surface area contributed by atoms with Gasteiger partial charge in [-0.1, -0.05) is 12.1 Å². The average Bonchev–Trinajstić information content (AvgIpc) is 2.81. The van der Waals surface area contributed by atoms with Crippen LogP contribution in [0.4, 0.5) is 5.69 Å². The van der Waals surface area contributed by atoms with E-state index in [-0.39, 0.29) is 42.2 Å². The van der Waals surface area contributed by atoms with E-state index in [1.54, 1.807) is 19.2 Å². The van der Waals surface area contributed by atoms with E-state index in [9.17, 15) is 24.0 Å². The molecule has 1 atom stereocenters. The van der Waals surface area contributed by atoms with Gasteiger partial charge in [-0.2, -0.15) is 0 Å². The molecule has 3 N–H and O–H groups in total. The molecule has 1 aliphatic rings. The summed E-state index contributed by atoms with van der Waals surface area (Å²) in [7, 11) is 3.04. The Morgan fingerprint density at radius 1 is 1.18 bits per heavy atom. The molecule has 1 aromatic carbocycles. The lowest BCUT2D eigenvalue weighted by atomic mass is 10.0. The summed E-state index contributed by atoms with van der Waals surface area (Å²) in [5, 5.41) is 7.83. The third-order valence-corrected chi connectivity index (χ3v) is 5.12. The Balaban J connectivity index is 1.89. The van der Waals surface area contributed by atoms with Crippen molar-refractivity contribution in [3.05, 3.63) is 29.3 Å². The number of ether oxygens (including phenoxy) is 2. The molecule has 0 aromatic heterocycles. The largest absolute Gasteiger partial charge is 0.382 e. The fourth-order valence-corrected chi connectivity index (χ4v) is 3.29. The summed E-state index contributed by atoms with van der Waals surface area (Å²) < 4.78 is 10.8. The number of rotatable bonds is 13. The molecular weight excluding hydrogens is 432 g/mol. The molecule has 180 valence electrons. The Labute approximate surface area is 192 Å². The van der Waals surface area contributed by atoms with Crippen LogP contribution in [-0.4, -0.2) is 87.9 Å². The van der Waals surface area contributed by atoms with E-state index < -0.39 is 17.9 Å². The number of nitrogens with one attached hydrogen (secondary N) is 3. The van der Waals surface area contributed by atoms with E-state index in [1.165, 1.54) is 18.0 Å². The van der Waals surface area contributed by atoms with Gasteiger partial charge in [0.05, 0.1) is 32.0 Å². The number of carbonyl (C=O) groups excluding carboxylic acids is 5. The zero-order valence-electron chi connectivity index (χ0n) is 18.8. The number of nitrogens with zero attached hydrogens (tertiary/aromatic N) is 1. The number of anilines is 1. The molecule has 1 saturated heterocycles. The number of carbonyl (C=O) groups is 5. The number of hydrogen-bond acceptors (Lipinski definition) is 8. The maximum atomic E-state index is 13.2. The first-order chi connectivity index (χ1) is 15.9. The van der Waals surface area contributed by atoms with Crippen molar-refractivity contribution in [3.8, 4) is 0 Å². The van der Waals surface area contributed by atoms with Crippen LogP contribution in [0.3, 0.4) is 0 Å². The third-order valence-electron chi connectivity index (χ3n) is 5.12. The van der Waals surface area contributed by atoms with E-state index in [1.807, 2.05) is 0 Å². The van der Waals surface area contributed by atoms with Crippen molar-refractivity contribution in [1.29, 1.82) is 0 Å². The summed E-state index contributed by atoms with van der Waals surface area (Å²) >= 11 is 0. The monoisotopic (exact) mass is 462 g/mol. The topological polar surface area (TPSA) is 143 Å². The van der Waals surface area contributed by atoms with Crippen molar-refractivity contribution in [1.82, 2.24) is 15.5 Å². The maximum absolute atomic E-state index is 13.2. The molecule has 1 fully saturated rings. The van der Waals surface area contributed by atoms with Gasteiger partial charge in [-0.3, -0.25) is 29.3 Å². The van der Waals surface area contributed by atoms with Crippen LogP contribution in [0.2, 0.25) is 0 Å². The summed E-state index contributed by atoms with van der Waals surface area (Å²) in [6.07, 6.45) is 1.23. The van der Waals surface area contributed by atoms with E-state index in [0.717, 1.165) is 0 Å². The van der Waals surface area contributed by atoms with E-state index in [2.05, 4.69) is 16.0 Å². The summed E-state index contributed by atoms with van der Waals surface area (Å²) in [4.78, 5) is 60.6. The highest BCUT2D eigenvalue weighted by molar-refractivity contribution is 6.08. The lowest BCUT2D eigenvalue weighted by molar-refractivity contribution is -0.136. The number of aldehydes is 1. The number of piperidine rings is 1. The minimum Gasteiger partial charge on any atom is -0.382 e. The summed E-state index contributed by atoms with van der Waals surface area (Å²) in [5.74, 6) is -1.50. The van der Waals surface area contributed by atoms with Crippen molar-refractivity contribution in [2.24, 2.45) is 0 Å². The molecule has 1 aromatic rings. The Hall–Kier alpha value is -3.31. The van der Waals surface area contributed by atoms with Gasteiger partial charge in [-0.05, 0) is 12.5 Å². The second-order valence-corrected chi connectivity index (χ2v) is 7.35. The zero-order chi connectivity index (χ0) is 24.2. The first kappa shape index (κ1) is 25.9. The van der Waals surface area contributed by atoms with Crippen LogP contribution in [-0.2, 0) is 23.9 Å². The summed E-state index contributed by atoms with van der Waals surface area (Å²) in [5.41, 5.74) is 0.779. The highest BCUT2D eigenvalue weighted by Crippen LogP contribution is 2.23. The molecule has 1 aliphatic heterocycles. The Bertz CT molecular complexity index is 874.